The van der Waals surface area contributed by atoms with E-state index in [0.29, 0.717) is 30.0 Å². The molecule has 7 nitrogen and oxygen atoms in total. The Morgan fingerprint density at radius 2 is 1.79 bits per heavy atom. The van der Waals surface area contributed by atoms with E-state index >= 15 is 0 Å². The standard InChI is InChI=1S/C21H19N5O2/c1-12(27)24-13-2-4-14(5-3-13)25-21-23-11-10-18(26-21)15-6-8-17(22)20-16(15)7-9-19(20)28/h2-6,8,10-11H,7,9,22H2,1H3,(H,24,27)(H,23,25,26). The van der Waals surface area contributed by atoms with E-state index in [-0.39, 0.29) is 11.7 Å². The van der Waals surface area contributed by atoms with Crippen LogP contribution < -0.4 is 16.4 Å². The van der Waals surface area contributed by atoms with Gasteiger partial charge in [0, 0.05) is 47.7 Å². The minimum atomic E-state index is -0.119. The zero-order valence-corrected chi connectivity index (χ0v) is 15.3. The molecule has 0 atom stereocenters. The Kier molecular flexibility index (Phi) is 4.49. The topological polar surface area (TPSA) is 110 Å². The molecular formula is C21H19N5O2. The molecule has 140 valence electrons. The van der Waals surface area contributed by atoms with Crippen molar-refractivity contribution in [3.63, 3.8) is 0 Å². The number of carbonyl (C=O) groups is 2. The number of hydrogen-bond donors (Lipinski definition) is 3. The molecule has 1 aliphatic rings. The van der Waals surface area contributed by atoms with Crippen LogP contribution in [0.4, 0.5) is 23.0 Å². The predicted octanol–water partition coefficient (Wildman–Crippen LogP) is 3.56. The first kappa shape index (κ1) is 17.7. The van der Waals surface area contributed by atoms with Crippen molar-refractivity contribution in [1.82, 2.24) is 9.97 Å². The molecule has 0 bridgehead atoms. The molecule has 1 amide bonds. The Morgan fingerprint density at radius 1 is 1.04 bits per heavy atom. The lowest BCUT2D eigenvalue weighted by Gasteiger charge is -2.11. The third-order valence-corrected chi connectivity index (χ3v) is 4.62. The van der Waals surface area contributed by atoms with E-state index in [4.69, 9.17) is 5.73 Å². The molecule has 2 aromatic carbocycles. The van der Waals surface area contributed by atoms with Crippen molar-refractivity contribution >= 4 is 34.7 Å². The Labute approximate surface area is 162 Å². The zero-order chi connectivity index (χ0) is 19.7. The lowest BCUT2D eigenvalue weighted by molar-refractivity contribution is -0.114. The Morgan fingerprint density at radius 3 is 2.54 bits per heavy atom. The summed E-state index contributed by atoms with van der Waals surface area (Å²) >= 11 is 0. The van der Waals surface area contributed by atoms with Crippen LogP contribution in [0.3, 0.4) is 0 Å². The number of carbonyl (C=O) groups excluding carboxylic acids is 2. The van der Waals surface area contributed by atoms with E-state index < -0.39 is 0 Å². The van der Waals surface area contributed by atoms with Crippen molar-refractivity contribution in [2.45, 2.75) is 19.8 Å². The Bertz CT molecular complexity index is 1080. The van der Waals surface area contributed by atoms with E-state index in [1.165, 1.54) is 6.92 Å². The van der Waals surface area contributed by atoms with Crippen molar-refractivity contribution in [3.8, 4) is 11.3 Å². The van der Waals surface area contributed by atoms with Gasteiger partial charge in [-0.1, -0.05) is 6.07 Å². The molecule has 4 N–H and O–H groups in total. The van der Waals surface area contributed by atoms with Crippen LogP contribution in [0, 0.1) is 0 Å². The molecule has 0 unspecified atom stereocenters. The number of nitrogens with one attached hydrogen (secondary N) is 2. The quantitative estimate of drug-likeness (QED) is 0.603. The third kappa shape index (κ3) is 3.42. The van der Waals surface area contributed by atoms with Gasteiger partial charge >= 0.3 is 0 Å². The molecule has 1 aromatic heterocycles. The second-order valence-electron chi connectivity index (χ2n) is 6.63. The highest BCUT2D eigenvalue weighted by molar-refractivity contribution is 6.06. The summed E-state index contributed by atoms with van der Waals surface area (Å²) in [5.41, 5.74) is 11.2. The summed E-state index contributed by atoms with van der Waals surface area (Å²) in [6.07, 6.45) is 2.83. The number of nitrogens with two attached hydrogens (primary N) is 1. The summed E-state index contributed by atoms with van der Waals surface area (Å²) in [4.78, 5) is 32.1. The van der Waals surface area contributed by atoms with Crippen LogP contribution in [-0.4, -0.2) is 21.7 Å². The summed E-state index contributed by atoms with van der Waals surface area (Å²) in [5, 5.41) is 5.88. The number of Topliss-reactive ketones (excluding diaryl/α,β-unsaturated/α-hetero) is 1. The highest BCUT2D eigenvalue weighted by atomic mass is 16.1. The predicted molar refractivity (Wildman–Crippen MR) is 109 cm³/mol. The number of fused-ring (bicyclic) bond motifs is 1. The summed E-state index contributed by atoms with van der Waals surface area (Å²) in [6.45, 7) is 1.47. The van der Waals surface area contributed by atoms with Crippen LogP contribution in [-0.2, 0) is 11.2 Å². The average Bonchev–Trinajstić information content (AvgIpc) is 3.06. The summed E-state index contributed by atoms with van der Waals surface area (Å²) < 4.78 is 0. The van der Waals surface area contributed by atoms with Crippen molar-refractivity contribution in [2.75, 3.05) is 16.4 Å². The molecule has 0 saturated heterocycles. The molecule has 4 rings (SSSR count). The molecule has 0 radical (unpaired) electrons. The normalized spacial score (nSPS) is 12.5. The molecule has 0 spiro atoms. The number of amides is 1. The van der Waals surface area contributed by atoms with Gasteiger partial charge in [-0.3, -0.25) is 9.59 Å². The van der Waals surface area contributed by atoms with Crippen molar-refractivity contribution in [1.29, 1.82) is 0 Å². The average molecular weight is 373 g/mol. The minimum Gasteiger partial charge on any atom is -0.398 e. The van der Waals surface area contributed by atoms with Crippen LogP contribution in [0.2, 0.25) is 0 Å². The molecule has 3 aromatic rings. The fourth-order valence-corrected chi connectivity index (χ4v) is 3.40. The number of anilines is 4. The smallest absolute Gasteiger partial charge is 0.227 e. The van der Waals surface area contributed by atoms with Gasteiger partial charge in [0.25, 0.3) is 0 Å². The fourth-order valence-electron chi connectivity index (χ4n) is 3.40. The first-order chi connectivity index (χ1) is 13.5. The minimum absolute atomic E-state index is 0.0843. The van der Waals surface area contributed by atoms with Crippen molar-refractivity contribution < 1.29 is 9.59 Å². The first-order valence-corrected chi connectivity index (χ1v) is 8.94. The van der Waals surface area contributed by atoms with Crippen LogP contribution in [0.1, 0.15) is 29.3 Å². The van der Waals surface area contributed by atoms with Gasteiger partial charge < -0.3 is 16.4 Å². The van der Waals surface area contributed by atoms with Gasteiger partial charge in [0.1, 0.15) is 0 Å². The Balaban J connectivity index is 1.61. The third-order valence-electron chi connectivity index (χ3n) is 4.62. The van der Waals surface area contributed by atoms with E-state index in [1.807, 2.05) is 24.3 Å². The molecule has 7 heteroatoms. The molecule has 0 saturated carbocycles. The largest absolute Gasteiger partial charge is 0.398 e. The van der Waals surface area contributed by atoms with Gasteiger partial charge in [-0.15, -0.1) is 0 Å². The monoisotopic (exact) mass is 373 g/mol. The number of nitrogens with zero attached hydrogens (tertiary/aromatic N) is 2. The summed E-state index contributed by atoms with van der Waals surface area (Å²) in [6, 6.07) is 12.7. The molecule has 0 aliphatic heterocycles. The molecular weight excluding hydrogens is 354 g/mol. The van der Waals surface area contributed by atoms with E-state index in [0.717, 1.165) is 28.2 Å². The van der Waals surface area contributed by atoms with Gasteiger partial charge in [-0.25, -0.2) is 9.97 Å². The van der Waals surface area contributed by atoms with Gasteiger partial charge in [0.15, 0.2) is 5.78 Å². The van der Waals surface area contributed by atoms with Gasteiger partial charge in [-0.2, -0.15) is 0 Å². The van der Waals surface area contributed by atoms with Gasteiger partial charge in [-0.05, 0) is 48.4 Å². The summed E-state index contributed by atoms with van der Waals surface area (Å²) in [5.74, 6) is 0.409. The van der Waals surface area contributed by atoms with Crippen molar-refractivity contribution in [3.05, 3.63) is 59.8 Å². The van der Waals surface area contributed by atoms with Crippen LogP contribution in [0.25, 0.3) is 11.3 Å². The SMILES string of the molecule is CC(=O)Nc1ccc(Nc2nccc(-c3ccc(N)c4c3CCC4=O)n2)cc1. The molecule has 1 aliphatic carbocycles. The number of aromatic nitrogens is 2. The first-order valence-electron chi connectivity index (χ1n) is 8.94. The Hall–Kier alpha value is -3.74. The van der Waals surface area contributed by atoms with E-state index in [2.05, 4.69) is 20.6 Å². The highest BCUT2D eigenvalue weighted by Gasteiger charge is 2.25. The number of ketones is 1. The van der Waals surface area contributed by atoms with Crippen LogP contribution >= 0.6 is 0 Å². The van der Waals surface area contributed by atoms with Gasteiger partial charge in [0.2, 0.25) is 11.9 Å². The second-order valence-corrected chi connectivity index (χ2v) is 6.63. The number of rotatable bonds is 4. The van der Waals surface area contributed by atoms with Crippen LogP contribution in [0.15, 0.2) is 48.7 Å². The van der Waals surface area contributed by atoms with E-state index in [9.17, 15) is 9.59 Å². The fraction of sp³-hybridized carbons (Fsp3) is 0.143. The maximum Gasteiger partial charge on any atom is 0.227 e. The maximum atomic E-state index is 12.1. The lowest BCUT2D eigenvalue weighted by atomic mass is 9.99. The summed E-state index contributed by atoms with van der Waals surface area (Å²) in [7, 11) is 0. The van der Waals surface area contributed by atoms with Crippen molar-refractivity contribution in [2.24, 2.45) is 0 Å². The molecule has 28 heavy (non-hydrogen) atoms. The van der Waals surface area contributed by atoms with Crippen LogP contribution in [0.5, 0.6) is 0 Å². The lowest BCUT2D eigenvalue weighted by Crippen LogP contribution is -2.05. The number of benzene rings is 2. The van der Waals surface area contributed by atoms with Gasteiger partial charge in [0.05, 0.1) is 5.69 Å². The molecule has 1 heterocycles. The second kappa shape index (κ2) is 7.11. The zero-order valence-electron chi connectivity index (χ0n) is 15.3. The molecule has 0 fully saturated rings. The highest BCUT2D eigenvalue weighted by Crippen LogP contribution is 2.35. The number of hydrogen-bond acceptors (Lipinski definition) is 6. The maximum absolute atomic E-state index is 12.1. The number of nitrogen functional groups attached to an aromatic ring is 1. The van der Waals surface area contributed by atoms with E-state index in [1.54, 1.807) is 24.4 Å².